The van der Waals surface area contributed by atoms with E-state index in [4.69, 9.17) is 4.74 Å². The standard InChI is InChI=1S/C22H29FN4O3/c1-3-12-27-18(15-26-13-5-10-24-11-14-26)19(21(28)30-4-2)20(25-22(27)29)16-6-8-17(23)9-7-16/h3,6-9,20,24H,1,4-5,10-15H2,2H3,(H,25,29). The minimum atomic E-state index is -0.710. The van der Waals surface area contributed by atoms with Gasteiger partial charge in [-0.1, -0.05) is 18.2 Å². The Morgan fingerprint density at radius 3 is 2.77 bits per heavy atom. The molecule has 2 aliphatic rings. The number of hydrogen-bond donors (Lipinski definition) is 2. The Balaban J connectivity index is 2.08. The molecule has 0 aliphatic carbocycles. The lowest BCUT2D eigenvalue weighted by Crippen LogP contribution is -2.51. The van der Waals surface area contributed by atoms with E-state index in [1.165, 1.54) is 17.0 Å². The third kappa shape index (κ3) is 5.06. The Kier molecular flexibility index (Phi) is 7.59. The van der Waals surface area contributed by atoms with E-state index in [0.717, 1.165) is 32.6 Å². The summed E-state index contributed by atoms with van der Waals surface area (Å²) >= 11 is 0. The average molecular weight is 416 g/mol. The van der Waals surface area contributed by atoms with Crippen LogP contribution in [0.2, 0.25) is 0 Å². The normalized spacial score (nSPS) is 20.5. The molecule has 2 heterocycles. The number of nitrogens with one attached hydrogen (secondary N) is 2. The summed E-state index contributed by atoms with van der Waals surface area (Å²) in [6.45, 7) is 9.88. The number of rotatable bonds is 7. The van der Waals surface area contributed by atoms with Crippen LogP contribution in [-0.2, 0) is 9.53 Å². The van der Waals surface area contributed by atoms with Crippen LogP contribution in [0.3, 0.4) is 0 Å². The predicted molar refractivity (Wildman–Crippen MR) is 112 cm³/mol. The molecule has 3 rings (SSSR count). The lowest BCUT2D eigenvalue weighted by atomic mass is 9.94. The molecule has 0 bridgehead atoms. The second kappa shape index (κ2) is 10.4. The van der Waals surface area contributed by atoms with Gasteiger partial charge in [-0.25, -0.2) is 14.0 Å². The first-order chi connectivity index (χ1) is 14.5. The molecule has 2 N–H and O–H groups in total. The van der Waals surface area contributed by atoms with Gasteiger partial charge in [-0.3, -0.25) is 9.80 Å². The van der Waals surface area contributed by atoms with Crippen molar-refractivity contribution in [1.29, 1.82) is 0 Å². The second-order valence-corrected chi connectivity index (χ2v) is 7.29. The molecule has 0 saturated carbocycles. The van der Waals surface area contributed by atoms with Crippen molar-refractivity contribution in [3.63, 3.8) is 0 Å². The fourth-order valence-corrected chi connectivity index (χ4v) is 3.82. The van der Waals surface area contributed by atoms with E-state index in [2.05, 4.69) is 22.1 Å². The highest BCUT2D eigenvalue weighted by molar-refractivity contribution is 5.95. The molecule has 2 aliphatic heterocycles. The monoisotopic (exact) mass is 416 g/mol. The van der Waals surface area contributed by atoms with E-state index < -0.39 is 12.0 Å². The number of hydrogen-bond acceptors (Lipinski definition) is 5. The Morgan fingerprint density at radius 2 is 2.07 bits per heavy atom. The average Bonchev–Trinajstić information content (AvgIpc) is 3.00. The molecule has 1 saturated heterocycles. The fourth-order valence-electron chi connectivity index (χ4n) is 3.82. The van der Waals surface area contributed by atoms with Crippen LogP contribution in [0.25, 0.3) is 0 Å². The molecule has 0 aromatic heterocycles. The number of esters is 1. The Hall–Kier alpha value is -2.71. The third-order valence-electron chi connectivity index (χ3n) is 5.25. The van der Waals surface area contributed by atoms with E-state index in [9.17, 15) is 14.0 Å². The van der Waals surface area contributed by atoms with Gasteiger partial charge in [-0.2, -0.15) is 0 Å². The van der Waals surface area contributed by atoms with E-state index >= 15 is 0 Å². The van der Waals surface area contributed by atoms with Gasteiger partial charge in [0.15, 0.2) is 0 Å². The van der Waals surface area contributed by atoms with Crippen LogP contribution >= 0.6 is 0 Å². The van der Waals surface area contributed by atoms with Crippen LogP contribution in [-0.4, -0.2) is 67.7 Å². The molecule has 0 radical (unpaired) electrons. The molecule has 1 aromatic rings. The lowest BCUT2D eigenvalue weighted by Gasteiger charge is -2.38. The first kappa shape index (κ1) is 22.0. The number of urea groups is 1. The Morgan fingerprint density at radius 1 is 1.30 bits per heavy atom. The summed E-state index contributed by atoms with van der Waals surface area (Å²) in [5, 5.41) is 6.24. The number of ether oxygens (including phenoxy) is 1. The molecule has 7 nitrogen and oxygen atoms in total. The molecule has 1 aromatic carbocycles. The van der Waals surface area contributed by atoms with Crippen molar-refractivity contribution in [2.75, 3.05) is 45.9 Å². The summed E-state index contributed by atoms with van der Waals surface area (Å²) < 4.78 is 18.8. The second-order valence-electron chi connectivity index (χ2n) is 7.29. The zero-order chi connectivity index (χ0) is 21.5. The quantitative estimate of drug-likeness (QED) is 0.527. The smallest absolute Gasteiger partial charge is 0.338 e. The van der Waals surface area contributed by atoms with E-state index in [1.54, 1.807) is 25.1 Å². The van der Waals surface area contributed by atoms with Crippen LogP contribution in [0.1, 0.15) is 24.9 Å². The summed E-state index contributed by atoms with van der Waals surface area (Å²) in [5.74, 6) is -0.864. The minimum Gasteiger partial charge on any atom is -0.463 e. The number of benzene rings is 1. The maximum Gasteiger partial charge on any atom is 0.338 e. The maximum absolute atomic E-state index is 13.5. The first-order valence-electron chi connectivity index (χ1n) is 10.3. The molecular weight excluding hydrogens is 387 g/mol. The molecule has 30 heavy (non-hydrogen) atoms. The highest BCUT2D eigenvalue weighted by Crippen LogP contribution is 2.32. The molecule has 1 fully saturated rings. The molecular formula is C22H29FN4O3. The zero-order valence-electron chi connectivity index (χ0n) is 17.3. The molecule has 0 spiro atoms. The van der Waals surface area contributed by atoms with Crippen LogP contribution in [0, 0.1) is 5.82 Å². The third-order valence-corrected chi connectivity index (χ3v) is 5.25. The van der Waals surface area contributed by atoms with Crippen LogP contribution < -0.4 is 10.6 Å². The Bertz CT molecular complexity index is 801. The zero-order valence-corrected chi connectivity index (χ0v) is 17.3. The number of carbonyl (C=O) groups is 2. The Labute approximate surface area is 176 Å². The van der Waals surface area contributed by atoms with Gasteiger partial charge in [-0.15, -0.1) is 6.58 Å². The van der Waals surface area contributed by atoms with E-state index in [-0.39, 0.29) is 25.0 Å². The van der Waals surface area contributed by atoms with E-state index in [1.807, 2.05) is 0 Å². The van der Waals surface area contributed by atoms with Crippen LogP contribution in [0.5, 0.6) is 0 Å². The molecule has 2 amide bonds. The maximum atomic E-state index is 13.5. The summed E-state index contributed by atoms with van der Waals surface area (Å²) in [6, 6.07) is 4.77. The van der Waals surface area contributed by atoms with Crippen molar-refractivity contribution in [3.05, 3.63) is 59.6 Å². The van der Waals surface area contributed by atoms with Gasteiger partial charge in [-0.05, 0) is 44.1 Å². The summed E-state index contributed by atoms with van der Waals surface area (Å²) in [5.41, 5.74) is 1.61. The van der Waals surface area contributed by atoms with Gasteiger partial charge in [0.05, 0.1) is 18.2 Å². The van der Waals surface area contributed by atoms with Crippen molar-refractivity contribution in [2.45, 2.75) is 19.4 Å². The SMILES string of the molecule is C=CCN1C(=O)NC(c2ccc(F)cc2)C(C(=O)OCC)=C1CN1CCCNCC1. The predicted octanol–water partition coefficient (Wildman–Crippen LogP) is 2.19. The van der Waals surface area contributed by atoms with Crippen molar-refractivity contribution < 1.29 is 18.7 Å². The summed E-state index contributed by atoms with van der Waals surface area (Å²) in [6.07, 6.45) is 2.61. The number of carbonyl (C=O) groups excluding carboxylic acids is 2. The van der Waals surface area contributed by atoms with E-state index in [0.29, 0.717) is 23.4 Å². The summed E-state index contributed by atoms with van der Waals surface area (Å²) in [4.78, 5) is 29.8. The number of nitrogens with zero attached hydrogens (tertiary/aromatic N) is 2. The lowest BCUT2D eigenvalue weighted by molar-refractivity contribution is -0.139. The molecule has 8 heteroatoms. The highest BCUT2D eigenvalue weighted by Gasteiger charge is 2.38. The molecule has 1 atom stereocenters. The van der Waals surface area contributed by atoms with Crippen LogP contribution in [0.4, 0.5) is 9.18 Å². The van der Waals surface area contributed by atoms with Gasteiger partial charge in [0.25, 0.3) is 0 Å². The topological polar surface area (TPSA) is 73.9 Å². The first-order valence-corrected chi connectivity index (χ1v) is 10.3. The van der Waals surface area contributed by atoms with Crippen molar-refractivity contribution in [1.82, 2.24) is 20.4 Å². The van der Waals surface area contributed by atoms with Gasteiger partial charge in [0.2, 0.25) is 0 Å². The summed E-state index contributed by atoms with van der Waals surface area (Å²) in [7, 11) is 0. The number of halogens is 1. The highest BCUT2D eigenvalue weighted by atomic mass is 19.1. The van der Waals surface area contributed by atoms with Gasteiger partial charge < -0.3 is 15.4 Å². The van der Waals surface area contributed by atoms with Crippen molar-refractivity contribution in [3.8, 4) is 0 Å². The van der Waals surface area contributed by atoms with Gasteiger partial charge >= 0.3 is 12.0 Å². The fraction of sp³-hybridized carbons (Fsp3) is 0.455. The minimum absolute atomic E-state index is 0.217. The van der Waals surface area contributed by atoms with Crippen molar-refractivity contribution >= 4 is 12.0 Å². The van der Waals surface area contributed by atoms with Gasteiger partial charge in [0.1, 0.15) is 5.82 Å². The van der Waals surface area contributed by atoms with Crippen LogP contribution in [0.15, 0.2) is 48.2 Å². The van der Waals surface area contributed by atoms with Gasteiger partial charge in [0, 0.05) is 31.9 Å². The number of amides is 2. The molecule has 162 valence electrons. The largest absolute Gasteiger partial charge is 0.463 e. The van der Waals surface area contributed by atoms with Crippen molar-refractivity contribution in [2.24, 2.45) is 0 Å². The molecule has 1 unspecified atom stereocenters.